The van der Waals surface area contributed by atoms with Crippen LogP contribution in [-0.4, -0.2) is 36.0 Å². The zero-order valence-electron chi connectivity index (χ0n) is 18.4. The maximum absolute atomic E-state index is 14.1. The number of fused-ring (bicyclic) bond motifs is 2. The maximum Gasteiger partial charge on any atom is 0.475 e. The van der Waals surface area contributed by atoms with E-state index in [0.717, 1.165) is 23.3 Å². The van der Waals surface area contributed by atoms with Gasteiger partial charge in [0.05, 0.1) is 35.3 Å². The molecule has 0 radical (unpaired) electrons. The molecule has 3 aliphatic heterocycles. The van der Waals surface area contributed by atoms with E-state index in [4.69, 9.17) is 37.5 Å². The first-order valence-corrected chi connectivity index (χ1v) is 11.4. The summed E-state index contributed by atoms with van der Waals surface area (Å²) in [5, 5.41) is 2.29. The van der Waals surface area contributed by atoms with Crippen molar-refractivity contribution < 1.29 is 36.7 Å². The summed E-state index contributed by atoms with van der Waals surface area (Å²) in [7, 11) is 0. The second-order valence-corrected chi connectivity index (χ2v) is 9.78. The zero-order valence-corrected chi connectivity index (χ0v) is 19.9. The van der Waals surface area contributed by atoms with Crippen LogP contribution in [0.2, 0.25) is 10.0 Å². The van der Waals surface area contributed by atoms with Gasteiger partial charge in [0.2, 0.25) is 5.91 Å². The van der Waals surface area contributed by atoms with Crippen LogP contribution in [0.4, 0.5) is 17.6 Å². The number of hydrogen-bond donors (Lipinski definition) is 0. The zero-order chi connectivity index (χ0) is 25.3. The number of likely N-dealkylation sites (tertiary alicyclic amines) is 1. The molecule has 0 aliphatic carbocycles. The Balaban J connectivity index is 1.42. The van der Waals surface area contributed by atoms with E-state index >= 15 is 0 Å². The molecular weight excluding hydrogens is 515 g/mol. The average Bonchev–Trinajstić information content (AvgIpc) is 3.38. The molecule has 1 amide bonds. The van der Waals surface area contributed by atoms with E-state index in [1.807, 2.05) is 13.8 Å². The predicted molar refractivity (Wildman–Crippen MR) is 117 cm³/mol. The van der Waals surface area contributed by atoms with E-state index in [1.54, 1.807) is 23.1 Å². The normalized spacial score (nSPS) is 22.5. The van der Waals surface area contributed by atoms with Gasteiger partial charge in [-0.3, -0.25) is 4.79 Å². The molecule has 12 heteroatoms. The highest BCUT2D eigenvalue weighted by atomic mass is 35.5. The van der Waals surface area contributed by atoms with E-state index in [-0.39, 0.29) is 24.0 Å². The van der Waals surface area contributed by atoms with Gasteiger partial charge in [-0.2, -0.15) is 13.2 Å². The predicted octanol–water partition coefficient (Wildman–Crippen LogP) is 5.48. The molecule has 0 N–H and O–H groups in total. The Morgan fingerprint density at radius 1 is 1.14 bits per heavy atom. The third-order valence-corrected chi connectivity index (χ3v) is 6.83. The summed E-state index contributed by atoms with van der Waals surface area (Å²) >= 11 is 11.4. The first-order chi connectivity index (χ1) is 16.4. The lowest BCUT2D eigenvalue weighted by Gasteiger charge is -2.48. The largest absolute Gasteiger partial charge is 0.475 e. The summed E-state index contributed by atoms with van der Waals surface area (Å²) in [6.45, 7) is 4.67. The number of amides is 1. The number of benzene rings is 2. The van der Waals surface area contributed by atoms with Crippen molar-refractivity contribution in [3.05, 3.63) is 68.4 Å². The van der Waals surface area contributed by atoms with Crippen LogP contribution in [0.5, 0.6) is 0 Å². The highest BCUT2D eigenvalue weighted by Crippen LogP contribution is 2.49. The lowest BCUT2D eigenvalue weighted by Crippen LogP contribution is -2.61. The highest BCUT2D eigenvalue weighted by molar-refractivity contribution is 6.35. The van der Waals surface area contributed by atoms with Gasteiger partial charge in [-0.15, -0.1) is 0 Å². The van der Waals surface area contributed by atoms with Crippen LogP contribution in [-0.2, 0) is 37.1 Å². The molecular formula is C23H18Cl2F4N2O4. The molecule has 1 fully saturated rings. The van der Waals surface area contributed by atoms with Crippen LogP contribution in [0.15, 0.2) is 35.5 Å². The summed E-state index contributed by atoms with van der Waals surface area (Å²) in [6, 6.07) is 6.34. The Hall–Kier alpha value is -2.56. The fraction of sp³-hybridized carbons (Fsp3) is 0.391. The van der Waals surface area contributed by atoms with Gasteiger partial charge >= 0.3 is 12.0 Å². The molecule has 1 unspecified atom stereocenters. The molecule has 1 spiro atoms. The van der Waals surface area contributed by atoms with Crippen LogP contribution in [0, 0.1) is 11.7 Å². The molecule has 186 valence electrons. The van der Waals surface area contributed by atoms with Crippen molar-refractivity contribution in [2.75, 3.05) is 13.1 Å². The second-order valence-electron chi connectivity index (χ2n) is 8.96. The lowest BCUT2D eigenvalue weighted by molar-refractivity contribution is -0.352. The topological polar surface area (TPSA) is 60.4 Å². The fourth-order valence-electron chi connectivity index (χ4n) is 4.46. The van der Waals surface area contributed by atoms with Gasteiger partial charge in [0.25, 0.3) is 5.90 Å². The number of carbonyl (C=O) groups excluding carboxylic acids is 1. The first kappa shape index (κ1) is 24.1. The van der Waals surface area contributed by atoms with E-state index in [1.165, 1.54) is 0 Å². The Morgan fingerprint density at radius 3 is 2.40 bits per heavy atom. The number of halogens is 6. The monoisotopic (exact) mass is 532 g/mol. The third kappa shape index (κ3) is 3.65. The molecule has 2 aromatic carbocycles. The van der Waals surface area contributed by atoms with Crippen LogP contribution in [0.1, 0.15) is 36.1 Å². The Labute approximate surface area is 207 Å². The van der Waals surface area contributed by atoms with Crippen LogP contribution in [0.25, 0.3) is 0 Å². The van der Waals surface area contributed by atoms with Gasteiger partial charge in [-0.1, -0.05) is 43.1 Å². The summed E-state index contributed by atoms with van der Waals surface area (Å²) in [6.07, 6.45) is -5.11. The quantitative estimate of drug-likeness (QED) is 0.388. The number of hydrogen-bond acceptors (Lipinski definition) is 5. The summed E-state index contributed by atoms with van der Waals surface area (Å²) in [4.78, 5) is 18.7. The van der Waals surface area contributed by atoms with Gasteiger partial charge in [-0.05, 0) is 40.5 Å². The Bertz CT molecular complexity index is 1240. The van der Waals surface area contributed by atoms with Crippen molar-refractivity contribution >= 4 is 35.0 Å². The molecule has 0 aromatic heterocycles. The molecule has 3 aliphatic rings. The summed E-state index contributed by atoms with van der Waals surface area (Å²) < 4.78 is 67.4. The molecule has 1 saturated heterocycles. The van der Waals surface area contributed by atoms with Crippen LogP contribution >= 0.6 is 23.2 Å². The molecule has 1 atom stereocenters. The molecule has 0 bridgehead atoms. The number of alkyl halides is 3. The molecule has 3 heterocycles. The van der Waals surface area contributed by atoms with Crippen molar-refractivity contribution in [2.45, 2.75) is 38.0 Å². The van der Waals surface area contributed by atoms with Crippen molar-refractivity contribution in [3.63, 3.8) is 0 Å². The Kier molecular flexibility index (Phi) is 5.50. The molecule has 0 saturated carbocycles. The van der Waals surface area contributed by atoms with Gasteiger partial charge in [-0.25, -0.2) is 4.39 Å². The molecule has 6 nitrogen and oxygen atoms in total. The van der Waals surface area contributed by atoms with E-state index in [0.29, 0.717) is 13.1 Å². The van der Waals surface area contributed by atoms with E-state index < -0.39 is 44.9 Å². The minimum Gasteiger partial charge on any atom is -0.419 e. The summed E-state index contributed by atoms with van der Waals surface area (Å²) in [5.41, 5.74) is 0.526. The maximum atomic E-state index is 14.1. The van der Waals surface area contributed by atoms with Crippen molar-refractivity contribution in [2.24, 2.45) is 11.1 Å². The molecule has 2 aromatic rings. The summed E-state index contributed by atoms with van der Waals surface area (Å²) in [5.74, 6) is -4.95. The Morgan fingerprint density at radius 2 is 1.80 bits per heavy atom. The smallest absolute Gasteiger partial charge is 0.419 e. The van der Waals surface area contributed by atoms with Gasteiger partial charge < -0.3 is 19.2 Å². The lowest BCUT2D eigenvalue weighted by atomic mass is 9.84. The average molecular weight is 533 g/mol. The van der Waals surface area contributed by atoms with Gasteiger partial charge in [0.15, 0.2) is 5.82 Å². The second kappa shape index (κ2) is 7.97. The number of ether oxygens (including phenoxy) is 2. The first-order valence-electron chi connectivity index (χ1n) is 10.6. The third-order valence-electron chi connectivity index (χ3n) is 6.28. The van der Waals surface area contributed by atoms with Gasteiger partial charge in [0.1, 0.15) is 5.60 Å². The van der Waals surface area contributed by atoms with Crippen LogP contribution < -0.4 is 0 Å². The SMILES string of the molecule is CC(C)C(=O)N1CC2(C1)OCc1cc(C3=NOC(c4cc(Cl)c(F)c(Cl)c4)(C(F)(F)F)O3)ccc12. The van der Waals surface area contributed by atoms with Crippen molar-refractivity contribution in [1.29, 1.82) is 0 Å². The molecule has 5 rings (SSSR count). The number of carbonyl (C=O) groups is 1. The van der Waals surface area contributed by atoms with Crippen LogP contribution in [0.3, 0.4) is 0 Å². The standard InChI is InChI=1S/C23H18Cl2F4N2O4/c1-11(2)20(32)31-9-21(10-31)15-4-3-12(5-13(15)8-33-21)19-30-35-22(34-19,23(27,28)29)14-6-16(24)18(26)17(25)7-14/h3-7,11H,8-10H2,1-2H3. The number of nitrogens with zero attached hydrogens (tertiary/aromatic N) is 2. The van der Waals surface area contributed by atoms with E-state index in [9.17, 15) is 22.4 Å². The number of oxime groups is 1. The highest BCUT2D eigenvalue weighted by Gasteiger charge is 2.66. The van der Waals surface area contributed by atoms with Crippen molar-refractivity contribution in [1.82, 2.24) is 4.90 Å². The minimum absolute atomic E-state index is 0.0274. The molecule has 35 heavy (non-hydrogen) atoms. The minimum atomic E-state index is -5.11. The number of rotatable bonds is 3. The van der Waals surface area contributed by atoms with E-state index in [2.05, 4.69) is 5.16 Å². The van der Waals surface area contributed by atoms with Gasteiger partial charge in [0, 0.05) is 11.5 Å². The van der Waals surface area contributed by atoms with Crippen molar-refractivity contribution in [3.8, 4) is 0 Å². The fourth-order valence-corrected chi connectivity index (χ4v) is 4.95.